The van der Waals surface area contributed by atoms with Crippen molar-refractivity contribution in [1.82, 2.24) is 5.32 Å². The van der Waals surface area contributed by atoms with E-state index in [4.69, 9.17) is 4.74 Å². The zero-order chi connectivity index (χ0) is 12.4. The largest absolute Gasteiger partial charge is 0.381 e. The van der Waals surface area contributed by atoms with Gasteiger partial charge in [0.1, 0.15) is 0 Å². The maximum Gasteiger partial charge on any atom is 0.0509 e. The monoisotopic (exact) mass is 251 g/mol. The molecule has 18 heavy (non-hydrogen) atoms. The molecule has 2 aliphatic carbocycles. The minimum atomic E-state index is 0.648. The highest BCUT2D eigenvalue weighted by atomic mass is 16.5. The molecule has 1 heterocycles. The van der Waals surface area contributed by atoms with Crippen molar-refractivity contribution in [2.75, 3.05) is 13.2 Å². The fourth-order valence-electron chi connectivity index (χ4n) is 4.48. The smallest absolute Gasteiger partial charge is 0.0509 e. The molecule has 3 rings (SSSR count). The molecule has 3 aliphatic rings. The van der Waals surface area contributed by atoms with Crippen molar-refractivity contribution in [2.45, 2.75) is 76.8 Å². The van der Waals surface area contributed by atoms with E-state index < -0.39 is 0 Å². The number of hydrogen-bond donors (Lipinski definition) is 1. The van der Waals surface area contributed by atoms with E-state index in [1.165, 1.54) is 57.8 Å². The summed E-state index contributed by atoms with van der Waals surface area (Å²) < 4.78 is 5.50. The van der Waals surface area contributed by atoms with Gasteiger partial charge in [-0.25, -0.2) is 0 Å². The molecule has 2 nitrogen and oxygen atoms in total. The summed E-state index contributed by atoms with van der Waals surface area (Å²) in [5.74, 6) is 0.757. The first kappa shape index (κ1) is 12.9. The van der Waals surface area contributed by atoms with Crippen molar-refractivity contribution in [3.63, 3.8) is 0 Å². The van der Waals surface area contributed by atoms with Crippen molar-refractivity contribution in [3.05, 3.63) is 0 Å². The first-order chi connectivity index (χ1) is 8.77. The third-order valence-corrected chi connectivity index (χ3v) is 5.88. The second kappa shape index (κ2) is 5.50. The minimum absolute atomic E-state index is 0.648. The van der Waals surface area contributed by atoms with Crippen LogP contribution in [0.1, 0.15) is 64.7 Å². The van der Waals surface area contributed by atoms with Gasteiger partial charge in [-0.1, -0.05) is 12.8 Å². The molecule has 1 spiro atoms. The summed E-state index contributed by atoms with van der Waals surface area (Å²) in [6, 6.07) is 1.43. The molecule has 0 bridgehead atoms. The molecule has 0 amide bonds. The third-order valence-electron chi connectivity index (χ3n) is 5.88. The highest BCUT2D eigenvalue weighted by Crippen LogP contribution is 2.48. The van der Waals surface area contributed by atoms with E-state index in [2.05, 4.69) is 12.2 Å². The topological polar surface area (TPSA) is 21.3 Å². The lowest BCUT2D eigenvalue weighted by molar-refractivity contribution is 0.149. The van der Waals surface area contributed by atoms with Gasteiger partial charge >= 0.3 is 0 Å². The van der Waals surface area contributed by atoms with Crippen LogP contribution >= 0.6 is 0 Å². The Hall–Kier alpha value is -0.0800. The van der Waals surface area contributed by atoms with E-state index in [1.807, 2.05) is 0 Å². The van der Waals surface area contributed by atoms with Crippen LogP contribution in [0.5, 0.6) is 0 Å². The molecule has 1 N–H and O–H groups in total. The summed E-state index contributed by atoms with van der Waals surface area (Å²) in [5.41, 5.74) is 0.776. The SMILES string of the molecule is CC(NC1CCC2(CCCC2)CC1)C1CCOC1. The second-order valence-electron chi connectivity index (χ2n) is 7.06. The minimum Gasteiger partial charge on any atom is -0.381 e. The number of nitrogens with one attached hydrogen (secondary N) is 1. The van der Waals surface area contributed by atoms with Crippen LogP contribution in [-0.4, -0.2) is 25.3 Å². The summed E-state index contributed by atoms with van der Waals surface area (Å²) in [4.78, 5) is 0. The summed E-state index contributed by atoms with van der Waals surface area (Å²) >= 11 is 0. The molecule has 0 aromatic carbocycles. The van der Waals surface area contributed by atoms with Crippen LogP contribution in [0.15, 0.2) is 0 Å². The van der Waals surface area contributed by atoms with Gasteiger partial charge in [0.2, 0.25) is 0 Å². The van der Waals surface area contributed by atoms with E-state index in [1.54, 1.807) is 0 Å². The van der Waals surface area contributed by atoms with Gasteiger partial charge in [-0.15, -0.1) is 0 Å². The summed E-state index contributed by atoms with van der Waals surface area (Å²) in [5, 5.41) is 3.89. The summed E-state index contributed by atoms with van der Waals surface area (Å²) in [6.45, 7) is 4.31. The number of rotatable bonds is 3. The van der Waals surface area contributed by atoms with Gasteiger partial charge in [-0.3, -0.25) is 0 Å². The van der Waals surface area contributed by atoms with E-state index in [-0.39, 0.29) is 0 Å². The Morgan fingerprint density at radius 3 is 2.39 bits per heavy atom. The van der Waals surface area contributed by atoms with E-state index in [0.717, 1.165) is 30.6 Å². The Morgan fingerprint density at radius 1 is 1.06 bits per heavy atom. The quantitative estimate of drug-likeness (QED) is 0.829. The third kappa shape index (κ3) is 2.75. The zero-order valence-electron chi connectivity index (χ0n) is 11.9. The Morgan fingerprint density at radius 2 is 1.78 bits per heavy atom. The molecule has 2 atom stereocenters. The number of hydrogen-bond acceptors (Lipinski definition) is 2. The molecule has 1 aliphatic heterocycles. The maximum absolute atomic E-state index is 5.50. The first-order valence-corrected chi connectivity index (χ1v) is 8.11. The van der Waals surface area contributed by atoms with Gasteiger partial charge in [-0.2, -0.15) is 0 Å². The van der Waals surface area contributed by atoms with Gasteiger partial charge in [0.25, 0.3) is 0 Å². The Bertz CT molecular complexity index is 256. The van der Waals surface area contributed by atoms with Gasteiger partial charge in [0, 0.05) is 18.7 Å². The predicted molar refractivity (Wildman–Crippen MR) is 74.7 cm³/mol. The van der Waals surface area contributed by atoms with Gasteiger partial charge < -0.3 is 10.1 Å². The lowest BCUT2D eigenvalue weighted by atomic mass is 9.71. The standard InChI is InChI=1S/C16H29NO/c1-13(14-6-11-18-12-14)17-15-4-9-16(10-5-15)7-2-3-8-16/h13-15,17H,2-12H2,1H3. The number of ether oxygens (including phenoxy) is 1. The molecule has 2 saturated carbocycles. The molecule has 0 aromatic heterocycles. The van der Waals surface area contributed by atoms with Gasteiger partial charge in [0.15, 0.2) is 0 Å². The fraction of sp³-hybridized carbons (Fsp3) is 1.00. The molecular weight excluding hydrogens is 222 g/mol. The molecule has 3 fully saturated rings. The Labute approximate surface area is 112 Å². The Kier molecular flexibility index (Phi) is 3.95. The highest BCUT2D eigenvalue weighted by molar-refractivity contribution is 4.92. The van der Waals surface area contributed by atoms with Crippen LogP contribution < -0.4 is 5.32 Å². The van der Waals surface area contributed by atoms with E-state index in [0.29, 0.717) is 6.04 Å². The zero-order valence-corrected chi connectivity index (χ0v) is 11.9. The molecule has 104 valence electrons. The summed E-state index contributed by atoms with van der Waals surface area (Å²) in [6.07, 6.45) is 13.1. The van der Waals surface area contributed by atoms with Crippen molar-refractivity contribution in [2.24, 2.45) is 11.3 Å². The normalized spacial score (nSPS) is 34.2. The van der Waals surface area contributed by atoms with E-state index >= 15 is 0 Å². The molecule has 1 saturated heterocycles. The Balaban J connectivity index is 1.44. The van der Waals surface area contributed by atoms with Gasteiger partial charge in [0.05, 0.1) is 6.61 Å². The highest BCUT2D eigenvalue weighted by Gasteiger charge is 2.38. The lowest BCUT2D eigenvalue weighted by Crippen LogP contribution is -2.44. The van der Waals surface area contributed by atoms with Crippen LogP contribution in [0, 0.1) is 11.3 Å². The van der Waals surface area contributed by atoms with Crippen molar-refractivity contribution >= 4 is 0 Å². The summed E-state index contributed by atoms with van der Waals surface area (Å²) in [7, 11) is 0. The van der Waals surface area contributed by atoms with Crippen LogP contribution in [0.25, 0.3) is 0 Å². The molecule has 2 unspecified atom stereocenters. The van der Waals surface area contributed by atoms with Crippen LogP contribution in [-0.2, 0) is 4.74 Å². The van der Waals surface area contributed by atoms with Crippen LogP contribution in [0.2, 0.25) is 0 Å². The fourth-order valence-corrected chi connectivity index (χ4v) is 4.48. The van der Waals surface area contributed by atoms with Gasteiger partial charge in [-0.05, 0) is 63.2 Å². The van der Waals surface area contributed by atoms with Crippen molar-refractivity contribution < 1.29 is 4.74 Å². The van der Waals surface area contributed by atoms with Crippen LogP contribution in [0.4, 0.5) is 0 Å². The lowest BCUT2D eigenvalue weighted by Gasteiger charge is -2.39. The second-order valence-corrected chi connectivity index (χ2v) is 7.06. The van der Waals surface area contributed by atoms with Crippen LogP contribution in [0.3, 0.4) is 0 Å². The molecule has 2 heteroatoms. The predicted octanol–water partition coefficient (Wildman–Crippen LogP) is 3.50. The first-order valence-electron chi connectivity index (χ1n) is 8.11. The van der Waals surface area contributed by atoms with Crippen molar-refractivity contribution in [3.8, 4) is 0 Å². The molecular formula is C16H29NO. The van der Waals surface area contributed by atoms with E-state index in [9.17, 15) is 0 Å². The molecule has 0 radical (unpaired) electrons. The maximum atomic E-state index is 5.50. The average molecular weight is 251 g/mol. The molecule has 0 aromatic rings. The average Bonchev–Trinajstić information content (AvgIpc) is 3.04. The van der Waals surface area contributed by atoms with Crippen molar-refractivity contribution in [1.29, 1.82) is 0 Å².